The molecule has 1 saturated heterocycles. The van der Waals surface area contributed by atoms with Gasteiger partial charge in [-0.15, -0.1) is 0 Å². The summed E-state index contributed by atoms with van der Waals surface area (Å²) in [6, 6.07) is 8.95. The molecular formula is C27H35N5O9. The number of rotatable bonds is 12. The normalized spacial score (nSPS) is 14.5. The molecular weight excluding hydrogens is 538 g/mol. The number of ether oxygens (including phenoxy) is 3. The first-order valence-corrected chi connectivity index (χ1v) is 13.4. The molecule has 2 aromatic rings. The number of benzene rings is 1. The van der Waals surface area contributed by atoms with Crippen LogP contribution in [0.5, 0.6) is 5.88 Å². The highest BCUT2D eigenvalue weighted by Gasteiger charge is 2.32. The molecule has 2 atom stereocenters. The maximum absolute atomic E-state index is 13.3. The van der Waals surface area contributed by atoms with Gasteiger partial charge in [-0.1, -0.05) is 18.2 Å². The van der Waals surface area contributed by atoms with Gasteiger partial charge in [0.25, 0.3) is 5.91 Å². The van der Waals surface area contributed by atoms with Crippen LogP contribution in [-0.4, -0.2) is 106 Å². The van der Waals surface area contributed by atoms with E-state index >= 15 is 0 Å². The Bertz CT molecular complexity index is 1230. The average Bonchev–Trinajstić information content (AvgIpc) is 3.39. The minimum absolute atomic E-state index is 0.0883. The molecule has 1 fully saturated rings. The number of carboxylic acid groups (broad SMARTS) is 1. The van der Waals surface area contributed by atoms with Gasteiger partial charge in [0.05, 0.1) is 18.9 Å². The van der Waals surface area contributed by atoms with E-state index in [1.54, 1.807) is 44.2 Å². The number of esters is 1. The van der Waals surface area contributed by atoms with E-state index in [0.717, 1.165) is 0 Å². The summed E-state index contributed by atoms with van der Waals surface area (Å²) < 4.78 is 17.1. The SMILES string of the molecule is CCOC(=O)[C@H](C)Oc1cc(C(=O)NC(CCC(=O)O)C(=O)N2CCN(C(=O)OCC)CC2)nn1-c1ccccc1. The molecule has 1 aromatic carbocycles. The van der Waals surface area contributed by atoms with Crippen molar-refractivity contribution >= 4 is 29.8 Å². The Labute approximate surface area is 237 Å². The van der Waals surface area contributed by atoms with Crippen molar-refractivity contribution < 1.29 is 43.3 Å². The molecule has 0 aliphatic carbocycles. The van der Waals surface area contributed by atoms with Crippen LogP contribution in [0.25, 0.3) is 5.69 Å². The minimum Gasteiger partial charge on any atom is -0.481 e. The van der Waals surface area contributed by atoms with Gasteiger partial charge in [-0.25, -0.2) is 14.3 Å². The van der Waals surface area contributed by atoms with Crippen LogP contribution in [0, 0.1) is 0 Å². The van der Waals surface area contributed by atoms with Gasteiger partial charge in [-0.2, -0.15) is 5.10 Å². The fraction of sp³-hybridized carbons (Fsp3) is 0.481. The van der Waals surface area contributed by atoms with Crippen LogP contribution >= 0.6 is 0 Å². The molecule has 1 unspecified atom stereocenters. The highest BCUT2D eigenvalue weighted by atomic mass is 16.6. The number of nitrogens with one attached hydrogen (secondary N) is 1. The lowest BCUT2D eigenvalue weighted by molar-refractivity contribution is -0.150. The van der Waals surface area contributed by atoms with Crippen LogP contribution < -0.4 is 10.1 Å². The Hall–Kier alpha value is -4.62. The smallest absolute Gasteiger partial charge is 0.409 e. The van der Waals surface area contributed by atoms with Crippen molar-refractivity contribution in [3.05, 3.63) is 42.1 Å². The molecule has 41 heavy (non-hydrogen) atoms. The molecule has 0 saturated carbocycles. The lowest BCUT2D eigenvalue weighted by Gasteiger charge is -2.35. The van der Waals surface area contributed by atoms with Crippen molar-refractivity contribution in [1.29, 1.82) is 0 Å². The Balaban J connectivity index is 1.79. The van der Waals surface area contributed by atoms with Crippen molar-refractivity contribution in [2.45, 2.75) is 45.8 Å². The van der Waals surface area contributed by atoms with E-state index in [2.05, 4.69) is 10.4 Å². The molecule has 14 nitrogen and oxygen atoms in total. The maximum atomic E-state index is 13.3. The Morgan fingerprint density at radius 1 is 0.976 bits per heavy atom. The van der Waals surface area contributed by atoms with E-state index in [1.807, 2.05) is 0 Å². The number of nitrogens with zero attached hydrogens (tertiary/aromatic N) is 4. The first kappa shape index (κ1) is 30.9. The number of carboxylic acids is 1. The number of amides is 3. The van der Waals surface area contributed by atoms with Crippen LogP contribution in [0.15, 0.2) is 36.4 Å². The maximum Gasteiger partial charge on any atom is 0.409 e. The first-order valence-electron chi connectivity index (χ1n) is 13.4. The molecule has 3 amide bonds. The van der Waals surface area contributed by atoms with Crippen LogP contribution in [0.2, 0.25) is 0 Å². The van der Waals surface area contributed by atoms with Crippen molar-refractivity contribution in [3.8, 4) is 11.6 Å². The van der Waals surface area contributed by atoms with Crippen molar-refractivity contribution in [2.75, 3.05) is 39.4 Å². The number of aromatic nitrogens is 2. The molecule has 1 aliphatic rings. The second kappa shape index (κ2) is 14.7. The van der Waals surface area contributed by atoms with Gasteiger partial charge in [-0.3, -0.25) is 14.4 Å². The van der Waals surface area contributed by atoms with E-state index in [0.29, 0.717) is 5.69 Å². The predicted molar refractivity (Wildman–Crippen MR) is 144 cm³/mol. The van der Waals surface area contributed by atoms with Gasteiger partial charge < -0.3 is 34.4 Å². The monoisotopic (exact) mass is 573 g/mol. The molecule has 1 aliphatic heterocycles. The van der Waals surface area contributed by atoms with Gasteiger partial charge in [0.1, 0.15) is 6.04 Å². The Morgan fingerprint density at radius 3 is 2.22 bits per heavy atom. The first-order chi connectivity index (χ1) is 19.6. The van der Waals surface area contributed by atoms with Gasteiger partial charge in [0, 0.05) is 38.7 Å². The van der Waals surface area contributed by atoms with Crippen molar-refractivity contribution in [3.63, 3.8) is 0 Å². The fourth-order valence-electron chi connectivity index (χ4n) is 4.10. The lowest BCUT2D eigenvalue weighted by Crippen LogP contribution is -2.56. The van der Waals surface area contributed by atoms with Crippen molar-refractivity contribution in [2.24, 2.45) is 0 Å². The Kier molecular flexibility index (Phi) is 11.1. The quantitative estimate of drug-likeness (QED) is 0.355. The summed E-state index contributed by atoms with van der Waals surface area (Å²) in [7, 11) is 0. The topological polar surface area (TPSA) is 170 Å². The van der Waals surface area contributed by atoms with E-state index in [-0.39, 0.29) is 63.8 Å². The van der Waals surface area contributed by atoms with Gasteiger partial charge in [0.2, 0.25) is 11.8 Å². The number of carbonyl (C=O) groups excluding carboxylic acids is 4. The number of carbonyl (C=O) groups is 5. The standard InChI is InChI=1S/C27H35N5O9/c1-4-39-26(37)18(3)41-22-17-21(29-32(22)19-9-7-6-8-10-19)24(35)28-20(11-12-23(33)34)25(36)30-13-15-31(16-14-30)27(38)40-5-2/h6-10,17-18,20H,4-5,11-16H2,1-3H3,(H,28,35)(H,33,34)/t18-,20?/m0/s1. The van der Waals surface area contributed by atoms with E-state index in [1.165, 1.54) is 27.5 Å². The molecule has 14 heteroatoms. The Morgan fingerprint density at radius 2 is 1.61 bits per heavy atom. The summed E-state index contributed by atoms with van der Waals surface area (Å²) in [6.07, 6.45) is -1.98. The minimum atomic E-state index is -1.16. The van der Waals surface area contributed by atoms with E-state index in [4.69, 9.17) is 14.2 Å². The molecule has 1 aromatic heterocycles. The molecule has 0 spiro atoms. The third-order valence-electron chi connectivity index (χ3n) is 6.19. The summed E-state index contributed by atoms with van der Waals surface area (Å²) >= 11 is 0. The second-order valence-corrected chi connectivity index (χ2v) is 9.10. The average molecular weight is 574 g/mol. The number of aliphatic carboxylic acids is 1. The second-order valence-electron chi connectivity index (χ2n) is 9.10. The summed E-state index contributed by atoms with van der Waals surface area (Å²) in [5.41, 5.74) is 0.441. The lowest BCUT2D eigenvalue weighted by atomic mass is 10.1. The molecule has 2 heterocycles. The molecule has 0 bridgehead atoms. The van der Waals surface area contributed by atoms with Crippen LogP contribution in [-0.2, 0) is 23.9 Å². The number of hydrogen-bond donors (Lipinski definition) is 2. The molecule has 222 valence electrons. The van der Waals surface area contributed by atoms with Gasteiger partial charge in [-0.05, 0) is 39.3 Å². The summed E-state index contributed by atoms with van der Waals surface area (Å²) in [6.45, 7) is 6.15. The third-order valence-corrected chi connectivity index (χ3v) is 6.19. The highest BCUT2D eigenvalue weighted by molar-refractivity contribution is 5.96. The van der Waals surface area contributed by atoms with Crippen LogP contribution in [0.4, 0.5) is 4.79 Å². The number of para-hydroxylation sites is 1. The summed E-state index contributed by atoms with van der Waals surface area (Å²) in [4.78, 5) is 65.0. The van der Waals surface area contributed by atoms with Crippen LogP contribution in [0.3, 0.4) is 0 Å². The zero-order chi connectivity index (χ0) is 29.9. The molecule has 0 radical (unpaired) electrons. The van der Waals surface area contributed by atoms with Gasteiger partial charge >= 0.3 is 18.0 Å². The van der Waals surface area contributed by atoms with Crippen LogP contribution in [0.1, 0.15) is 44.1 Å². The molecule has 3 rings (SSSR count). The van der Waals surface area contributed by atoms with E-state index in [9.17, 15) is 29.1 Å². The summed E-state index contributed by atoms with van der Waals surface area (Å²) in [5.74, 6) is -2.84. The summed E-state index contributed by atoms with van der Waals surface area (Å²) in [5, 5.41) is 16.2. The van der Waals surface area contributed by atoms with Gasteiger partial charge in [0.15, 0.2) is 11.8 Å². The third kappa shape index (κ3) is 8.43. The van der Waals surface area contributed by atoms with E-state index < -0.39 is 42.0 Å². The fourth-order valence-corrected chi connectivity index (χ4v) is 4.10. The predicted octanol–water partition coefficient (Wildman–Crippen LogP) is 1.47. The molecule has 2 N–H and O–H groups in total. The zero-order valence-corrected chi connectivity index (χ0v) is 23.3. The highest BCUT2D eigenvalue weighted by Crippen LogP contribution is 2.21. The largest absolute Gasteiger partial charge is 0.481 e. The number of piperazine rings is 1. The number of hydrogen-bond acceptors (Lipinski definition) is 9. The van der Waals surface area contributed by atoms with Crippen molar-refractivity contribution in [1.82, 2.24) is 24.9 Å². The zero-order valence-electron chi connectivity index (χ0n) is 23.3.